The summed E-state index contributed by atoms with van der Waals surface area (Å²) in [5.41, 5.74) is 2.95. The van der Waals surface area contributed by atoms with Crippen LogP contribution in [0.5, 0.6) is 0 Å². The summed E-state index contributed by atoms with van der Waals surface area (Å²) < 4.78 is 11.0. The van der Waals surface area contributed by atoms with Crippen LogP contribution in [0.25, 0.3) is 22.6 Å². The Morgan fingerprint density at radius 2 is 2.10 bits per heavy atom. The summed E-state index contributed by atoms with van der Waals surface area (Å²) >= 11 is 1.30. The monoisotopic (exact) mass is 437 g/mol. The summed E-state index contributed by atoms with van der Waals surface area (Å²) in [4.78, 5) is 33.1. The van der Waals surface area contributed by atoms with Gasteiger partial charge in [0.1, 0.15) is 11.5 Å². The maximum absolute atomic E-state index is 13.1. The van der Waals surface area contributed by atoms with Crippen LogP contribution in [0.1, 0.15) is 53.2 Å². The smallest absolute Gasteiger partial charge is 0.259 e. The predicted molar refractivity (Wildman–Crippen MR) is 114 cm³/mol. The van der Waals surface area contributed by atoms with Crippen LogP contribution < -0.4 is 10.6 Å². The molecule has 0 radical (unpaired) electrons. The molecule has 4 heterocycles. The molecule has 1 saturated carbocycles. The van der Waals surface area contributed by atoms with Crippen molar-refractivity contribution in [1.82, 2.24) is 20.4 Å². The molecule has 0 spiro atoms. The fourth-order valence-corrected chi connectivity index (χ4v) is 4.01. The van der Waals surface area contributed by atoms with E-state index in [-0.39, 0.29) is 11.8 Å². The number of anilines is 1. The number of aromatic nitrogens is 3. The predicted octanol–water partition coefficient (Wildman–Crippen LogP) is 4.01. The van der Waals surface area contributed by atoms with E-state index in [0.717, 1.165) is 18.5 Å². The first kappa shape index (κ1) is 19.4. The Morgan fingerprint density at radius 3 is 2.87 bits per heavy atom. The van der Waals surface area contributed by atoms with Gasteiger partial charge in [-0.15, -0.1) is 11.3 Å². The minimum absolute atomic E-state index is 0.130. The second kappa shape index (κ2) is 7.62. The third-order valence-corrected chi connectivity index (χ3v) is 5.79. The first-order valence-electron chi connectivity index (χ1n) is 9.85. The largest absolute Gasteiger partial charge is 0.458 e. The third kappa shape index (κ3) is 3.93. The molecule has 0 bridgehead atoms. The van der Waals surface area contributed by atoms with Crippen molar-refractivity contribution in [2.45, 2.75) is 39.2 Å². The molecule has 4 aromatic rings. The average Bonchev–Trinajstić information content (AvgIpc) is 3.13. The maximum Gasteiger partial charge on any atom is 0.259 e. The van der Waals surface area contributed by atoms with E-state index in [9.17, 15) is 9.59 Å². The Hall–Kier alpha value is -3.53. The summed E-state index contributed by atoms with van der Waals surface area (Å²) in [5, 5.41) is 12.4. The van der Waals surface area contributed by atoms with Crippen molar-refractivity contribution in [2.24, 2.45) is 0 Å². The molecule has 2 N–H and O–H groups in total. The Balaban J connectivity index is 1.37. The summed E-state index contributed by atoms with van der Waals surface area (Å²) in [6, 6.07) is 5.40. The molecule has 10 heteroatoms. The lowest BCUT2D eigenvalue weighted by atomic mass is 10.1. The highest BCUT2D eigenvalue weighted by molar-refractivity contribution is 7.14. The quantitative estimate of drug-likeness (QED) is 0.467. The fraction of sp³-hybridized carbons (Fsp3) is 0.286. The molecule has 0 aliphatic heterocycles. The molecule has 0 saturated heterocycles. The molecule has 158 valence electrons. The Labute approximate surface area is 180 Å². The number of hydrogen-bond acceptors (Lipinski definition) is 8. The van der Waals surface area contributed by atoms with Gasteiger partial charge in [-0.3, -0.25) is 14.9 Å². The SMILES string of the molecule is CC(=O)NCc1ccc(-c2csc(NC(=O)c3cc(C4CC4)nc4onc(C)c34)n2)o1. The van der Waals surface area contributed by atoms with Crippen LogP contribution in [0, 0.1) is 6.92 Å². The number of carbonyl (C=O) groups excluding carboxylic acids is 2. The summed E-state index contributed by atoms with van der Waals surface area (Å²) in [6.07, 6.45) is 2.13. The maximum atomic E-state index is 13.1. The second-order valence-electron chi connectivity index (χ2n) is 7.48. The van der Waals surface area contributed by atoms with Crippen molar-refractivity contribution in [1.29, 1.82) is 0 Å². The Bertz CT molecular complexity index is 1300. The highest BCUT2D eigenvalue weighted by atomic mass is 32.1. The zero-order valence-corrected chi connectivity index (χ0v) is 17.7. The number of nitrogens with zero attached hydrogens (tertiary/aromatic N) is 3. The van der Waals surface area contributed by atoms with E-state index in [1.807, 2.05) is 6.07 Å². The van der Waals surface area contributed by atoms with Crippen molar-refractivity contribution < 1.29 is 18.5 Å². The Morgan fingerprint density at radius 1 is 1.26 bits per heavy atom. The van der Waals surface area contributed by atoms with Gasteiger partial charge in [0, 0.05) is 23.9 Å². The van der Waals surface area contributed by atoms with E-state index in [1.165, 1.54) is 18.3 Å². The van der Waals surface area contributed by atoms with Gasteiger partial charge in [0.25, 0.3) is 11.6 Å². The highest BCUT2D eigenvalue weighted by Gasteiger charge is 2.29. The first-order chi connectivity index (χ1) is 15.0. The molecule has 31 heavy (non-hydrogen) atoms. The van der Waals surface area contributed by atoms with E-state index < -0.39 is 0 Å². The van der Waals surface area contributed by atoms with Crippen molar-refractivity contribution in [3.05, 3.63) is 46.3 Å². The lowest BCUT2D eigenvalue weighted by Gasteiger charge is -2.05. The van der Waals surface area contributed by atoms with E-state index in [1.54, 1.807) is 24.4 Å². The van der Waals surface area contributed by atoms with Crippen molar-refractivity contribution in [2.75, 3.05) is 5.32 Å². The molecular formula is C21H19N5O4S. The lowest BCUT2D eigenvalue weighted by Crippen LogP contribution is -2.18. The standard InChI is InChI=1S/C21H19N5O4S/c1-10-18-14(7-15(12-3-4-12)23-20(18)30-26-10)19(28)25-21-24-16(9-31-21)17-6-5-13(29-17)8-22-11(2)27/h5-7,9,12H,3-4,8H2,1-2H3,(H,22,27)(H,24,25,28). The van der Waals surface area contributed by atoms with Gasteiger partial charge in [-0.05, 0) is 38.0 Å². The van der Waals surface area contributed by atoms with Crippen LogP contribution in [-0.2, 0) is 11.3 Å². The summed E-state index contributed by atoms with van der Waals surface area (Å²) in [7, 11) is 0. The summed E-state index contributed by atoms with van der Waals surface area (Å²) in [5.74, 6) is 1.15. The number of aryl methyl sites for hydroxylation is 1. The van der Waals surface area contributed by atoms with Gasteiger partial charge in [-0.25, -0.2) is 9.97 Å². The molecule has 1 aliphatic rings. The minimum atomic E-state index is -0.285. The number of carbonyl (C=O) groups is 2. The lowest BCUT2D eigenvalue weighted by molar-refractivity contribution is -0.119. The number of nitrogens with one attached hydrogen (secondary N) is 2. The summed E-state index contributed by atoms with van der Waals surface area (Å²) in [6.45, 7) is 3.55. The molecule has 1 aliphatic carbocycles. The minimum Gasteiger partial charge on any atom is -0.458 e. The fourth-order valence-electron chi connectivity index (χ4n) is 3.31. The Kier molecular flexibility index (Phi) is 4.78. The van der Waals surface area contributed by atoms with Gasteiger partial charge in [0.15, 0.2) is 10.9 Å². The van der Waals surface area contributed by atoms with Crippen LogP contribution in [0.2, 0.25) is 0 Å². The van der Waals surface area contributed by atoms with Crippen LogP contribution in [0.15, 0.2) is 32.5 Å². The number of amides is 2. The molecule has 0 unspecified atom stereocenters. The number of fused-ring (bicyclic) bond motifs is 1. The number of pyridine rings is 1. The van der Waals surface area contributed by atoms with Gasteiger partial charge < -0.3 is 14.3 Å². The van der Waals surface area contributed by atoms with Gasteiger partial charge in [-0.2, -0.15) is 0 Å². The van der Waals surface area contributed by atoms with Crippen LogP contribution in [-0.4, -0.2) is 26.9 Å². The number of thiazole rings is 1. The topological polar surface area (TPSA) is 123 Å². The van der Waals surface area contributed by atoms with Crippen LogP contribution >= 0.6 is 11.3 Å². The third-order valence-electron chi connectivity index (χ3n) is 5.03. The van der Waals surface area contributed by atoms with E-state index in [0.29, 0.717) is 57.2 Å². The van der Waals surface area contributed by atoms with E-state index in [4.69, 9.17) is 8.94 Å². The number of hydrogen-bond donors (Lipinski definition) is 2. The van der Waals surface area contributed by atoms with Gasteiger partial charge in [0.05, 0.1) is 23.2 Å². The van der Waals surface area contributed by atoms with Crippen molar-refractivity contribution in [3.8, 4) is 11.5 Å². The molecule has 0 atom stereocenters. The number of furan rings is 1. The first-order valence-corrected chi connectivity index (χ1v) is 10.7. The molecule has 2 amide bonds. The van der Waals surface area contributed by atoms with E-state index in [2.05, 4.69) is 25.8 Å². The number of rotatable bonds is 6. The average molecular weight is 437 g/mol. The van der Waals surface area contributed by atoms with Crippen LogP contribution in [0.3, 0.4) is 0 Å². The van der Waals surface area contributed by atoms with Crippen LogP contribution in [0.4, 0.5) is 5.13 Å². The van der Waals surface area contributed by atoms with Gasteiger partial charge in [-0.1, -0.05) is 5.16 Å². The van der Waals surface area contributed by atoms with Gasteiger partial charge >= 0.3 is 0 Å². The van der Waals surface area contributed by atoms with Gasteiger partial charge in [0.2, 0.25) is 5.91 Å². The second-order valence-corrected chi connectivity index (χ2v) is 8.34. The van der Waals surface area contributed by atoms with Crippen molar-refractivity contribution >= 4 is 39.4 Å². The molecule has 0 aromatic carbocycles. The highest BCUT2D eigenvalue weighted by Crippen LogP contribution is 2.40. The van der Waals surface area contributed by atoms with E-state index >= 15 is 0 Å². The molecule has 1 fully saturated rings. The molecule has 5 rings (SSSR count). The molecule has 9 nitrogen and oxygen atoms in total. The zero-order valence-electron chi connectivity index (χ0n) is 16.9. The normalized spacial score (nSPS) is 13.5. The zero-order chi connectivity index (χ0) is 21.5. The molecule has 4 aromatic heterocycles. The molecular weight excluding hydrogens is 418 g/mol. The van der Waals surface area contributed by atoms with Crippen molar-refractivity contribution in [3.63, 3.8) is 0 Å².